The molecule has 2 aromatic rings. The van der Waals surface area contributed by atoms with Crippen LogP contribution in [0.5, 0.6) is 0 Å². The van der Waals surface area contributed by atoms with Gasteiger partial charge in [-0.3, -0.25) is 4.79 Å². The van der Waals surface area contributed by atoms with Gasteiger partial charge < -0.3 is 10.2 Å². The molecule has 0 aliphatic carbocycles. The van der Waals surface area contributed by atoms with Gasteiger partial charge in [0.2, 0.25) is 10.0 Å². The lowest BCUT2D eigenvalue weighted by Gasteiger charge is -2.26. The molecule has 7 nitrogen and oxygen atoms in total. The van der Waals surface area contributed by atoms with Crippen molar-refractivity contribution in [2.75, 3.05) is 36.4 Å². The van der Waals surface area contributed by atoms with Crippen molar-refractivity contribution in [1.82, 2.24) is 9.29 Å². The number of nitrogens with one attached hydrogen (secondary N) is 1. The molecule has 0 unspecified atom stereocenters. The van der Waals surface area contributed by atoms with Gasteiger partial charge in [0.05, 0.1) is 16.8 Å². The highest BCUT2D eigenvalue weighted by Gasteiger charge is 2.26. The minimum atomic E-state index is -3.57. The molecule has 3 heterocycles. The molecule has 2 aliphatic rings. The van der Waals surface area contributed by atoms with E-state index in [0.29, 0.717) is 24.3 Å². The second-order valence-electron chi connectivity index (χ2n) is 7.55. The van der Waals surface area contributed by atoms with Crippen LogP contribution in [0.15, 0.2) is 47.5 Å². The first kappa shape index (κ1) is 19.8. The van der Waals surface area contributed by atoms with Crippen LogP contribution in [-0.4, -0.2) is 49.8 Å². The summed E-state index contributed by atoms with van der Waals surface area (Å²) in [4.78, 5) is 19.5. The zero-order chi connectivity index (χ0) is 20.3. The van der Waals surface area contributed by atoms with Crippen molar-refractivity contribution in [2.45, 2.75) is 37.0 Å². The van der Waals surface area contributed by atoms with E-state index in [1.807, 2.05) is 12.1 Å². The zero-order valence-corrected chi connectivity index (χ0v) is 17.2. The number of carbonyl (C=O) groups is 1. The number of hydrogen-bond acceptors (Lipinski definition) is 5. The Hall–Kier alpha value is -2.45. The quantitative estimate of drug-likeness (QED) is 0.813. The molecular formula is C21H26N4O3S. The van der Waals surface area contributed by atoms with Gasteiger partial charge in [0.25, 0.3) is 5.91 Å². The number of benzene rings is 1. The SMILES string of the molecule is O=C(Nc1ccc(N2CCCC2)nc1)c1cccc(S(=O)(=O)N2CCCCC2)c1. The Morgan fingerprint density at radius 3 is 2.34 bits per heavy atom. The number of sulfonamides is 1. The molecule has 2 aliphatic heterocycles. The first-order chi connectivity index (χ1) is 14.0. The van der Waals surface area contributed by atoms with E-state index in [0.717, 1.165) is 38.2 Å². The van der Waals surface area contributed by atoms with E-state index in [-0.39, 0.29) is 10.8 Å². The highest BCUT2D eigenvalue weighted by Crippen LogP contribution is 2.22. The lowest BCUT2D eigenvalue weighted by molar-refractivity contribution is 0.102. The summed E-state index contributed by atoms with van der Waals surface area (Å²) in [6.45, 7) is 3.09. The summed E-state index contributed by atoms with van der Waals surface area (Å²) in [6.07, 6.45) is 6.80. The molecule has 154 valence electrons. The molecular weight excluding hydrogens is 388 g/mol. The van der Waals surface area contributed by atoms with E-state index in [1.165, 1.54) is 23.2 Å². The molecule has 0 spiro atoms. The topological polar surface area (TPSA) is 82.6 Å². The molecule has 0 atom stereocenters. The fraction of sp³-hybridized carbons (Fsp3) is 0.429. The van der Waals surface area contributed by atoms with Gasteiger partial charge in [0, 0.05) is 31.7 Å². The summed E-state index contributed by atoms with van der Waals surface area (Å²) in [5.41, 5.74) is 0.897. The van der Waals surface area contributed by atoms with E-state index in [4.69, 9.17) is 0 Å². The van der Waals surface area contributed by atoms with Crippen molar-refractivity contribution in [3.8, 4) is 0 Å². The lowest BCUT2D eigenvalue weighted by atomic mass is 10.2. The Balaban J connectivity index is 1.47. The maximum atomic E-state index is 12.9. The number of pyridine rings is 1. The lowest BCUT2D eigenvalue weighted by Crippen LogP contribution is -2.35. The Labute approximate surface area is 171 Å². The number of nitrogens with zero attached hydrogens (tertiary/aromatic N) is 3. The van der Waals surface area contributed by atoms with Gasteiger partial charge >= 0.3 is 0 Å². The standard InChI is InChI=1S/C21H26N4O3S/c26-21(23-18-9-10-20(22-16-18)24-11-4-5-12-24)17-7-6-8-19(15-17)29(27,28)25-13-2-1-3-14-25/h6-10,15-16H,1-5,11-14H2,(H,23,26). The van der Waals surface area contributed by atoms with E-state index in [2.05, 4.69) is 15.2 Å². The molecule has 4 rings (SSSR count). The number of piperidine rings is 1. The second-order valence-corrected chi connectivity index (χ2v) is 9.48. The number of amides is 1. The number of carbonyl (C=O) groups excluding carboxylic acids is 1. The molecule has 29 heavy (non-hydrogen) atoms. The molecule has 1 aromatic heterocycles. The smallest absolute Gasteiger partial charge is 0.255 e. The number of rotatable bonds is 5. The summed E-state index contributed by atoms with van der Waals surface area (Å²) in [7, 11) is -3.57. The largest absolute Gasteiger partial charge is 0.357 e. The highest BCUT2D eigenvalue weighted by atomic mass is 32.2. The van der Waals surface area contributed by atoms with E-state index >= 15 is 0 Å². The van der Waals surface area contributed by atoms with Crippen LogP contribution < -0.4 is 10.2 Å². The maximum Gasteiger partial charge on any atom is 0.255 e. The van der Waals surface area contributed by atoms with Crippen LogP contribution in [0, 0.1) is 0 Å². The van der Waals surface area contributed by atoms with Crippen molar-refractivity contribution in [1.29, 1.82) is 0 Å². The minimum Gasteiger partial charge on any atom is -0.357 e. The molecule has 1 aromatic carbocycles. The summed E-state index contributed by atoms with van der Waals surface area (Å²) in [5.74, 6) is 0.562. The van der Waals surface area contributed by atoms with E-state index < -0.39 is 10.0 Å². The number of anilines is 2. The van der Waals surface area contributed by atoms with Crippen molar-refractivity contribution >= 4 is 27.4 Å². The maximum absolute atomic E-state index is 12.9. The first-order valence-corrected chi connectivity index (χ1v) is 11.6. The van der Waals surface area contributed by atoms with Gasteiger partial charge in [-0.2, -0.15) is 4.31 Å². The van der Waals surface area contributed by atoms with Crippen molar-refractivity contribution in [2.24, 2.45) is 0 Å². The van der Waals surface area contributed by atoms with Gasteiger partial charge in [0.1, 0.15) is 5.82 Å². The van der Waals surface area contributed by atoms with Crippen molar-refractivity contribution in [3.05, 3.63) is 48.2 Å². The van der Waals surface area contributed by atoms with Gasteiger partial charge in [-0.25, -0.2) is 13.4 Å². The predicted octanol–water partition coefficient (Wildman–Crippen LogP) is 3.11. The van der Waals surface area contributed by atoms with Crippen molar-refractivity contribution in [3.63, 3.8) is 0 Å². The summed E-state index contributed by atoms with van der Waals surface area (Å²) < 4.78 is 27.2. The second kappa shape index (κ2) is 8.51. The molecule has 8 heteroatoms. The minimum absolute atomic E-state index is 0.162. The molecule has 0 bridgehead atoms. The van der Waals surface area contributed by atoms with Crippen LogP contribution in [0.3, 0.4) is 0 Å². The van der Waals surface area contributed by atoms with Crippen LogP contribution in [-0.2, 0) is 10.0 Å². The third kappa shape index (κ3) is 4.43. The van der Waals surface area contributed by atoms with Gasteiger partial charge in [0.15, 0.2) is 0 Å². The normalized spacial score (nSPS) is 18.0. The number of hydrogen-bond donors (Lipinski definition) is 1. The molecule has 2 saturated heterocycles. The molecule has 1 N–H and O–H groups in total. The van der Waals surface area contributed by atoms with Gasteiger partial charge in [-0.05, 0) is 56.0 Å². The predicted molar refractivity (Wildman–Crippen MR) is 113 cm³/mol. The van der Waals surface area contributed by atoms with Crippen LogP contribution in [0.25, 0.3) is 0 Å². The fourth-order valence-electron chi connectivity index (χ4n) is 3.85. The van der Waals surface area contributed by atoms with Gasteiger partial charge in [-0.15, -0.1) is 0 Å². The van der Waals surface area contributed by atoms with Crippen LogP contribution >= 0.6 is 0 Å². The molecule has 0 radical (unpaired) electrons. The van der Waals surface area contributed by atoms with E-state index in [9.17, 15) is 13.2 Å². The molecule has 0 saturated carbocycles. The fourth-order valence-corrected chi connectivity index (χ4v) is 5.41. The molecule has 1 amide bonds. The third-order valence-electron chi connectivity index (χ3n) is 5.48. The third-order valence-corrected chi connectivity index (χ3v) is 7.38. The highest BCUT2D eigenvalue weighted by molar-refractivity contribution is 7.89. The Morgan fingerprint density at radius 1 is 0.931 bits per heavy atom. The molecule has 2 fully saturated rings. The van der Waals surface area contributed by atoms with E-state index in [1.54, 1.807) is 24.4 Å². The average Bonchev–Trinajstić information content (AvgIpc) is 3.30. The van der Waals surface area contributed by atoms with Crippen LogP contribution in [0.4, 0.5) is 11.5 Å². The Morgan fingerprint density at radius 2 is 1.66 bits per heavy atom. The van der Waals surface area contributed by atoms with Crippen molar-refractivity contribution < 1.29 is 13.2 Å². The first-order valence-electron chi connectivity index (χ1n) is 10.2. The average molecular weight is 415 g/mol. The zero-order valence-electron chi connectivity index (χ0n) is 16.4. The van der Waals surface area contributed by atoms with Crippen LogP contribution in [0.2, 0.25) is 0 Å². The summed E-state index contributed by atoms with van der Waals surface area (Å²) >= 11 is 0. The monoisotopic (exact) mass is 414 g/mol. The Bertz CT molecular complexity index is 964. The number of aromatic nitrogens is 1. The Kier molecular flexibility index (Phi) is 5.82. The summed E-state index contributed by atoms with van der Waals surface area (Å²) in [6, 6.07) is 9.96. The summed E-state index contributed by atoms with van der Waals surface area (Å²) in [5, 5.41) is 2.81. The van der Waals surface area contributed by atoms with Gasteiger partial charge in [-0.1, -0.05) is 12.5 Å². The van der Waals surface area contributed by atoms with Crippen LogP contribution in [0.1, 0.15) is 42.5 Å².